The number of rotatable bonds is 4. The molecule has 0 aliphatic rings. The molecule has 0 atom stereocenters. The maximum Gasteiger partial charge on any atom is 0.164 e. The minimum Gasteiger partial charge on any atom is -0.456 e. The van der Waals surface area contributed by atoms with Crippen molar-refractivity contribution in [3.63, 3.8) is 0 Å². The molecule has 5 nitrogen and oxygen atoms in total. The van der Waals surface area contributed by atoms with Crippen molar-refractivity contribution in [2.75, 3.05) is 0 Å². The van der Waals surface area contributed by atoms with Crippen LogP contribution in [0.4, 0.5) is 0 Å². The molecule has 0 unspecified atom stereocenters. The van der Waals surface area contributed by atoms with E-state index in [1.807, 2.05) is 84.9 Å². The topological polar surface area (TPSA) is 65.0 Å². The van der Waals surface area contributed by atoms with Crippen LogP contribution in [0.2, 0.25) is 0 Å². The SMILES string of the molecule is c1ccc(-c2cccc(-c3nc(-c4ccc5oc6ccccc6c5c4)nc(-c4ccc5oc6ccccc6c5c4)n3)c2)cc1. The summed E-state index contributed by atoms with van der Waals surface area (Å²) < 4.78 is 12.2. The summed E-state index contributed by atoms with van der Waals surface area (Å²) in [6.07, 6.45) is 0. The molecule has 0 N–H and O–H groups in total. The fourth-order valence-electron chi connectivity index (χ4n) is 5.96. The summed E-state index contributed by atoms with van der Waals surface area (Å²) in [7, 11) is 0. The highest BCUT2D eigenvalue weighted by Gasteiger charge is 2.16. The molecule has 6 aromatic carbocycles. The number of hydrogen-bond donors (Lipinski definition) is 0. The van der Waals surface area contributed by atoms with Crippen molar-refractivity contribution in [2.45, 2.75) is 0 Å². The molecule has 0 spiro atoms. The van der Waals surface area contributed by atoms with Crippen LogP contribution in [0.25, 0.3) is 89.2 Å². The Balaban J connectivity index is 1.25. The maximum atomic E-state index is 6.09. The van der Waals surface area contributed by atoms with E-state index in [0.717, 1.165) is 71.7 Å². The number of aromatic nitrogens is 3. The number of hydrogen-bond acceptors (Lipinski definition) is 5. The van der Waals surface area contributed by atoms with Crippen LogP contribution in [0.1, 0.15) is 0 Å². The minimum absolute atomic E-state index is 0.597. The first-order chi connectivity index (χ1) is 21.8. The number of nitrogens with zero attached hydrogens (tertiary/aromatic N) is 3. The van der Waals surface area contributed by atoms with Crippen LogP contribution in [0.5, 0.6) is 0 Å². The molecule has 0 amide bonds. The van der Waals surface area contributed by atoms with Gasteiger partial charge in [-0.1, -0.05) is 84.9 Å². The Morgan fingerprint density at radius 3 is 1.30 bits per heavy atom. The molecule has 9 rings (SSSR count). The highest BCUT2D eigenvalue weighted by atomic mass is 16.3. The Bertz CT molecular complexity index is 2380. The lowest BCUT2D eigenvalue weighted by atomic mass is 10.0. The molecular weight excluding hydrogens is 542 g/mol. The molecule has 9 aromatic rings. The second-order valence-corrected chi connectivity index (χ2v) is 10.9. The molecule has 3 aromatic heterocycles. The number of fused-ring (bicyclic) bond motifs is 6. The molecule has 0 fully saturated rings. The Morgan fingerprint density at radius 2 is 0.727 bits per heavy atom. The first-order valence-electron chi connectivity index (χ1n) is 14.5. The van der Waals surface area contributed by atoms with E-state index < -0.39 is 0 Å². The van der Waals surface area contributed by atoms with Gasteiger partial charge in [0.25, 0.3) is 0 Å². The van der Waals surface area contributed by atoms with Gasteiger partial charge in [-0.3, -0.25) is 0 Å². The van der Waals surface area contributed by atoms with E-state index in [2.05, 4.69) is 54.6 Å². The average molecular weight is 566 g/mol. The third-order valence-corrected chi connectivity index (χ3v) is 8.13. The fraction of sp³-hybridized carbons (Fsp3) is 0. The molecule has 0 bridgehead atoms. The molecule has 206 valence electrons. The van der Waals surface area contributed by atoms with Gasteiger partial charge in [0.05, 0.1) is 0 Å². The lowest BCUT2D eigenvalue weighted by Crippen LogP contribution is -2.00. The van der Waals surface area contributed by atoms with Gasteiger partial charge in [0.2, 0.25) is 0 Å². The monoisotopic (exact) mass is 565 g/mol. The fourth-order valence-corrected chi connectivity index (χ4v) is 5.96. The van der Waals surface area contributed by atoms with E-state index in [4.69, 9.17) is 23.8 Å². The van der Waals surface area contributed by atoms with Crippen molar-refractivity contribution < 1.29 is 8.83 Å². The van der Waals surface area contributed by atoms with E-state index in [1.165, 1.54) is 0 Å². The Kier molecular flexibility index (Phi) is 5.43. The summed E-state index contributed by atoms with van der Waals surface area (Å²) >= 11 is 0. The highest BCUT2D eigenvalue weighted by molar-refractivity contribution is 6.07. The zero-order valence-electron chi connectivity index (χ0n) is 23.4. The number of para-hydroxylation sites is 2. The lowest BCUT2D eigenvalue weighted by Gasteiger charge is -2.10. The van der Waals surface area contributed by atoms with Crippen molar-refractivity contribution in [1.82, 2.24) is 15.0 Å². The predicted molar refractivity (Wildman–Crippen MR) is 176 cm³/mol. The second-order valence-electron chi connectivity index (χ2n) is 10.9. The molecule has 44 heavy (non-hydrogen) atoms. The molecular formula is C39H23N3O2. The standard InChI is InChI=1S/C39H23N3O2/c1-2-9-24(10-3-1)25-11-8-12-26(21-25)37-40-38(27-17-19-35-31(22-27)29-13-4-6-15-33(29)43-35)42-39(41-37)28-18-20-36-32(23-28)30-14-5-7-16-34(30)44-36/h1-23H. The van der Waals surface area contributed by atoms with Gasteiger partial charge in [-0.15, -0.1) is 0 Å². The molecule has 5 heteroatoms. The minimum atomic E-state index is 0.597. The first kappa shape index (κ1) is 24.5. The third kappa shape index (κ3) is 4.06. The van der Waals surface area contributed by atoms with Crippen molar-refractivity contribution in [3.8, 4) is 45.3 Å². The lowest BCUT2D eigenvalue weighted by molar-refractivity contribution is 0.668. The predicted octanol–water partition coefficient (Wildman–Crippen LogP) is 10.3. The summed E-state index contributed by atoms with van der Waals surface area (Å²) in [6.45, 7) is 0. The molecule has 0 radical (unpaired) electrons. The zero-order valence-corrected chi connectivity index (χ0v) is 23.4. The van der Waals surface area contributed by atoms with Gasteiger partial charge in [-0.25, -0.2) is 15.0 Å². The number of furan rings is 2. The van der Waals surface area contributed by atoms with Gasteiger partial charge >= 0.3 is 0 Å². The van der Waals surface area contributed by atoms with Crippen LogP contribution >= 0.6 is 0 Å². The van der Waals surface area contributed by atoms with E-state index in [-0.39, 0.29) is 0 Å². The van der Waals surface area contributed by atoms with E-state index >= 15 is 0 Å². The Hall–Kier alpha value is -6.07. The highest BCUT2D eigenvalue weighted by Crippen LogP contribution is 2.35. The van der Waals surface area contributed by atoms with Crippen LogP contribution < -0.4 is 0 Å². The van der Waals surface area contributed by atoms with Gasteiger partial charge in [0.1, 0.15) is 22.3 Å². The summed E-state index contributed by atoms with van der Waals surface area (Å²) in [5.74, 6) is 1.80. The Morgan fingerprint density at radius 1 is 0.295 bits per heavy atom. The van der Waals surface area contributed by atoms with Gasteiger partial charge in [0.15, 0.2) is 17.5 Å². The molecule has 0 aliphatic heterocycles. The average Bonchev–Trinajstić information content (AvgIpc) is 3.66. The molecule has 0 saturated heterocycles. The summed E-state index contributed by atoms with van der Waals surface area (Å²) in [4.78, 5) is 15.1. The van der Waals surface area contributed by atoms with E-state index in [1.54, 1.807) is 0 Å². The normalized spacial score (nSPS) is 11.6. The van der Waals surface area contributed by atoms with Gasteiger partial charge in [-0.2, -0.15) is 0 Å². The molecule has 0 saturated carbocycles. The molecule has 0 aliphatic carbocycles. The largest absolute Gasteiger partial charge is 0.456 e. The van der Waals surface area contributed by atoms with Crippen LogP contribution in [0, 0.1) is 0 Å². The quantitative estimate of drug-likeness (QED) is 0.212. The van der Waals surface area contributed by atoms with Crippen LogP contribution in [0.3, 0.4) is 0 Å². The third-order valence-electron chi connectivity index (χ3n) is 8.13. The van der Waals surface area contributed by atoms with Crippen LogP contribution in [-0.2, 0) is 0 Å². The number of benzene rings is 6. The summed E-state index contributed by atoms with van der Waals surface area (Å²) in [5, 5.41) is 4.18. The van der Waals surface area contributed by atoms with Gasteiger partial charge in [0, 0.05) is 38.2 Å². The van der Waals surface area contributed by atoms with Crippen LogP contribution in [-0.4, -0.2) is 15.0 Å². The van der Waals surface area contributed by atoms with Gasteiger partial charge in [-0.05, 0) is 65.7 Å². The van der Waals surface area contributed by atoms with Crippen LogP contribution in [0.15, 0.2) is 148 Å². The first-order valence-corrected chi connectivity index (χ1v) is 14.5. The summed E-state index contributed by atoms with van der Waals surface area (Å²) in [5.41, 5.74) is 8.31. The van der Waals surface area contributed by atoms with Crippen molar-refractivity contribution in [2.24, 2.45) is 0 Å². The van der Waals surface area contributed by atoms with Crippen molar-refractivity contribution in [1.29, 1.82) is 0 Å². The van der Waals surface area contributed by atoms with E-state index in [9.17, 15) is 0 Å². The van der Waals surface area contributed by atoms with Crippen molar-refractivity contribution in [3.05, 3.63) is 140 Å². The summed E-state index contributed by atoms with van der Waals surface area (Å²) in [6, 6.07) is 47.1. The second kappa shape index (κ2) is 9.75. The zero-order chi connectivity index (χ0) is 29.0. The van der Waals surface area contributed by atoms with E-state index in [0.29, 0.717) is 17.5 Å². The van der Waals surface area contributed by atoms with Gasteiger partial charge < -0.3 is 8.83 Å². The Labute approximate surface area is 252 Å². The smallest absolute Gasteiger partial charge is 0.164 e. The van der Waals surface area contributed by atoms with Crippen molar-refractivity contribution >= 4 is 43.9 Å². The molecule has 3 heterocycles. The maximum absolute atomic E-state index is 6.09.